The van der Waals surface area contributed by atoms with Gasteiger partial charge in [-0.25, -0.2) is 0 Å². The Labute approximate surface area is 156 Å². The molecule has 1 aliphatic heterocycles. The van der Waals surface area contributed by atoms with Gasteiger partial charge in [-0.15, -0.1) is 10.2 Å². The SMILES string of the molecule is O=C(Nc1cccc(-c2nnc3n2CCCC3)c1)c1cc2ccccc2[nH]1. The second-order valence-electron chi connectivity index (χ2n) is 6.85. The zero-order valence-electron chi connectivity index (χ0n) is 14.8. The molecule has 2 aromatic heterocycles. The second-order valence-corrected chi connectivity index (χ2v) is 6.85. The number of hydrogen-bond acceptors (Lipinski definition) is 3. The normalized spacial score (nSPS) is 13.5. The van der Waals surface area contributed by atoms with Gasteiger partial charge in [-0.05, 0) is 37.1 Å². The van der Waals surface area contributed by atoms with Crippen LogP contribution in [0.3, 0.4) is 0 Å². The summed E-state index contributed by atoms with van der Waals surface area (Å²) in [6.07, 6.45) is 3.29. The first-order valence-corrected chi connectivity index (χ1v) is 9.19. The van der Waals surface area contributed by atoms with Gasteiger partial charge in [-0.2, -0.15) is 0 Å². The van der Waals surface area contributed by atoms with E-state index in [1.54, 1.807) is 0 Å². The van der Waals surface area contributed by atoms with Crippen LogP contribution in [0.1, 0.15) is 29.2 Å². The van der Waals surface area contributed by atoms with Gasteiger partial charge in [0.1, 0.15) is 11.5 Å². The van der Waals surface area contributed by atoms with Gasteiger partial charge in [0.15, 0.2) is 5.82 Å². The molecule has 2 aromatic carbocycles. The lowest BCUT2D eigenvalue weighted by Crippen LogP contribution is -2.13. The van der Waals surface area contributed by atoms with Crippen molar-refractivity contribution >= 4 is 22.5 Å². The van der Waals surface area contributed by atoms with Crippen LogP contribution in [0.4, 0.5) is 5.69 Å². The standard InChI is InChI=1S/C21H19N5O/c27-21(18-13-14-6-1-2-9-17(14)23-18)22-16-8-5-7-15(12-16)20-25-24-19-10-3-4-11-26(19)20/h1-2,5-9,12-13,23H,3-4,10-11H2,(H,22,27). The number of aryl methyl sites for hydroxylation is 1. The van der Waals surface area contributed by atoms with Crippen LogP contribution >= 0.6 is 0 Å². The predicted molar refractivity (Wildman–Crippen MR) is 105 cm³/mol. The second kappa shape index (κ2) is 6.39. The van der Waals surface area contributed by atoms with Crippen molar-refractivity contribution in [2.45, 2.75) is 25.8 Å². The number of anilines is 1. The highest BCUT2D eigenvalue weighted by Gasteiger charge is 2.17. The van der Waals surface area contributed by atoms with Crippen LogP contribution in [0.5, 0.6) is 0 Å². The van der Waals surface area contributed by atoms with E-state index < -0.39 is 0 Å². The molecular formula is C21H19N5O. The summed E-state index contributed by atoms with van der Waals surface area (Å²) in [5.41, 5.74) is 3.20. The highest BCUT2D eigenvalue weighted by molar-refractivity contribution is 6.06. The molecule has 0 aliphatic carbocycles. The first kappa shape index (κ1) is 15.8. The van der Waals surface area contributed by atoms with E-state index in [4.69, 9.17) is 0 Å². The van der Waals surface area contributed by atoms with Gasteiger partial charge in [0.05, 0.1) is 0 Å². The number of amides is 1. The Balaban J connectivity index is 1.42. The van der Waals surface area contributed by atoms with Crippen LogP contribution in [-0.2, 0) is 13.0 Å². The summed E-state index contributed by atoms with van der Waals surface area (Å²) in [4.78, 5) is 15.8. The summed E-state index contributed by atoms with van der Waals surface area (Å²) in [5.74, 6) is 1.75. The fourth-order valence-corrected chi connectivity index (χ4v) is 3.65. The van der Waals surface area contributed by atoms with Gasteiger partial charge in [-0.1, -0.05) is 30.3 Å². The molecule has 0 saturated carbocycles. The minimum absolute atomic E-state index is 0.161. The molecule has 0 bridgehead atoms. The van der Waals surface area contributed by atoms with E-state index in [0.29, 0.717) is 5.69 Å². The molecule has 134 valence electrons. The minimum Gasteiger partial charge on any atom is -0.351 e. The van der Waals surface area contributed by atoms with Gasteiger partial charge in [0.25, 0.3) is 5.91 Å². The Bertz CT molecular complexity index is 1110. The van der Waals surface area contributed by atoms with Crippen molar-refractivity contribution in [2.75, 3.05) is 5.32 Å². The monoisotopic (exact) mass is 357 g/mol. The lowest BCUT2D eigenvalue weighted by molar-refractivity contribution is 0.102. The molecule has 0 spiro atoms. The van der Waals surface area contributed by atoms with Crippen LogP contribution in [0.2, 0.25) is 0 Å². The molecule has 1 aliphatic rings. The lowest BCUT2D eigenvalue weighted by Gasteiger charge is -2.15. The topological polar surface area (TPSA) is 75.6 Å². The molecule has 0 atom stereocenters. The number of aromatic nitrogens is 4. The summed E-state index contributed by atoms with van der Waals surface area (Å²) in [5, 5.41) is 12.7. The average Bonchev–Trinajstić information content (AvgIpc) is 3.32. The van der Waals surface area contributed by atoms with E-state index in [9.17, 15) is 4.79 Å². The van der Waals surface area contributed by atoms with Crippen LogP contribution < -0.4 is 5.32 Å². The fraction of sp³-hybridized carbons (Fsp3) is 0.190. The Hall–Kier alpha value is -3.41. The smallest absolute Gasteiger partial charge is 0.272 e. The van der Waals surface area contributed by atoms with Crippen LogP contribution in [-0.4, -0.2) is 25.7 Å². The third-order valence-electron chi connectivity index (χ3n) is 5.01. The van der Waals surface area contributed by atoms with Crippen molar-refractivity contribution in [1.29, 1.82) is 0 Å². The maximum Gasteiger partial charge on any atom is 0.272 e. The number of fused-ring (bicyclic) bond motifs is 2. The zero-order chi connectivity index (χ0) is 18.2. The number of aromatic amines is 1. The Kier molecular flexibility index (Phi) is 3.74. The van der Waals surface area contributed by atoms with Gasteiger partial charge in [0.2, 0.25) is 0 Å². The summed E-state index contributed by atoms with van der Waals surface area (Å²) in [6.45, 7) is 0.948. The van der Waals surface area contributed by atoms with Gasteiger partial charge in [-0.3, -0.25) is 4.79 Å². The number of nitrogens with one attached hydrogen (secondary N) is 2. The highest BCUT2D eigenvalue weighted by Crippen LogP contribution is 2.25. The number of carbonyl (C=O) groups is 1. The minimum atomic E-state index is -0.161. The van der Waals surface area contributed by atoms with E-state index in [-0.39, 0.29) is 5.91 Å². The van der Waals surface area contributed by atoms with Crippen molar-refractivity contribution in [3.63, 3.8) is 0 Å². The first-order chi connectivity index (χ1) is 13.3. The average molecular weight is 357 g/mol. The third kappa shape index (κ3) is 2.89. The Morgan fingerprint density at radius 1 is 1.04 bits per heavy atom. The molecule has 0 saturated heterocycles. The maximum atomic E-state index is 12.6. The molecule has 6 nitrogen and oxygen atoms in total. The van der Waals surface area contributed by atoms with Crippen molar-refractivity contribution < 1.29 is 4.79 Å². The van der Waals surface area contributed by atoms with Crippen molar-refractivity contribution in [2.24, 2.45) is 0 Å². The molecule has 4 aromatic rings. The molecule has 5 rings (SSSR count). The molecule has 6 heteroatoms. The van der Waals surface area contributed by atoms with E-state index in [1.165, 1.54) is 6.42 Å². The van der Waals surface area contributed by atoms with E-state index in [0.717, 1.165) is 53.2 Å². The molecule has 0 radical (unpaired) electrons. The molecule has 2 N–H and O–H groups in total. The number of nitrogens with zero attached hydrogens (tertiary/aromatic N) is 3. The van der Waals surface area contributed by atoms with E-state index in [1.807, 2.05) is 54.6 Å². The number of H-pyrrole nitrogens is 1. The van der Waals surface area contributed by atoms with Gasteiger partial charge < -0.3 is 14.9 Å². The first-order valence-electron chi connectivity index (χ1n) is 9.19. The number of carbonyl (C=O) groups excluding carboxylic acids is 1. The number of hydrogen-bond donors (Lipinski definition) is 2. The third-order valence-corrected chi connectivity index (χ3v) is 5.01. The summed E-state index contributed by atoms with van der Waals surface area (Å²) in [7, 11) is 0. The Morgan fingerprint density at radius 3 is 2.89 bits per heavy atom. The lowest BCUT2D eigenvalue weighted by atomic mass is 10.1. The quantitative estimate of drug-likeness (QED) is 0.581. The van der Waals surface area contributed by atoms with E-state index >= 15 is 0 Å². The summed E-state index contributed by atoms with van der Waals surface area (Å²) in [6, 6.07) is 17.5. The van der Waals surface area contributed by atoms with Gasteiger partial charge >= 0.3 is 0 Å². The zero-order valence-corrected chi connectivity index (χ0v) is 14.8. The van der Waals surface area contributed by atoms with E-state index in [2.05, 4.69) is 25.1 Å². The Morgan fingerprint density at radius 2 is 1.96 bits per heavy atom. The van der Waals surface area contributed by atoms with Crippen molar-refractivity contribution in [3.05, 3.63) is 66.1 Å². The van der Waals surface area contributed by atoms with Crippen molar-refractivity contribution in [1.82, 2.24) is 19.7 Å². The van der Waals surface area contributed by atoms with Crippen LogP contribution in [0, 0.1) is 0 Å². The molecule has 0 fully saturated rings. The van der Waals surface area contributed by atoms with Gasteiger partial charge in [0, 0.05) is 35.1 Å². The fourth-order valence-electron chi connectivity index (χ4n) is 3.65. The molecule has 27 heavy (non-hydrogen) atoms. The molecule has 1 amide bonds. The van der Waals surface area contributed by atoms with Crippen molar-refractivity contribution in [3.8, 4) is 11.4 Å². The molecular weight excluding hydrogens is 338 g/mol. The van der Waals surface area contributed by atoms with Crippen LogP contribution in [0.15, 0.2) is 54.6 Å². The summed E-state index contributed by atoms with van der Waals surface area (Å²) < 4.78 is 2.18. The number of rotatable bonds is 3. The maximum absolute atomic E-state index is 12.6. The largest absolute Gasteiger partial charge is 0.351 e. The molecule has 0 unspecified atom stereocenters. The highest BCUT2D eigenvalue weighted by atomic mass is 16.1. The number of benzene rings is 2. The number of para-hydroxylation sites is 1. The summed E-state index contributed by atoms with van der Waals surface area (Å²) >= 11 is 0. The predicted octanol–water partition coefficient (Wildman–Crippen LogP) is 4.02. The van der Waals surface area contributed by atoms with Crippen LogP contribution in [0.25, 0.3) is 22.3 Å². The molecule has 3 heterocycles.